The highest BCUT2D eigenvalue weighted by atomic mass is 79.9. The number of rotatable bonds is 3. The van der Waals surface area contributed by atoms with Crippen molar-refractivity contribution in [3.8, 4) is 0 Å². The lowest BCUT2D eigenvalue weighted by Crippen LogP contribution is -2.48. The molecule has 0 aromatic heterocycles. The Morgan fingerprint density at radius 2 is 1.80 bits per heavy atom. The van der Waals surface area contributed by atoms with Crippen LogP contribution < -0.4 is 5.32 Å². The monoisotopic (exact) mass is 357 g/mol. The van der Waals surface area contributed by atoms with Gasteiger partial charge in [0.1, 0.15) is 9.84 Å². The van der Waals surface area contributed by atoms with Crippen molar-refractivity contribution >= 4 is 25.8 Å². The summed E-state index contributed by atoms with van der Waals surface area (Å²) in [5, 5.41) is 3.63. The first-order chi connectivity index (χ1) is 9.52. The molecule has 1 aliphatic heterocycles. The molecule has 1 N–H and O–H groups in total. The van der Waals surface area contributed by atoms with E-state index >= 15 is 0 Å². The van der Waals surface area contributed by atoms with Crippen LogP contribution in [0.3, 0.4) is 0 Å². The van der Waals surface area contributed by atoms with Crippen LogP contribution >= 0.6 is 15.9 Å². The minimum atomic E-state index is -2.74. The molecule has 2 fully saturated rings. The molecular weight excluding hydrogens is 338 g/mol. The zero-order valence-electron chi connectivity index (χ0n) is 11.4. The van der Waals surface area contributed by atoms with Crippen LogP contribution in [-0.2, 0) is 9.84 Å². The van der Waals surface area contributed by atoms with Crippen molar-refractivity contribution in [1.29, 1.82) is 0 Å². The summed E-state index contributed by atoms with van der Waals surface area (Å²) in [5.74, 6) is 1.36. The van der Waals surface area contributed by atoms with Gasteiger partial charge in [0.25, 0.3) is 0 Å². The summed E-state index contributed by atoms with van der Waals surface area (Å²) in [6, 6.07) is 9.50. The van der Waals surface area contributed by atoms with Crippen LogP contribution in [-0.4, -0.2) is 32.0 Å². The molecule has 0 bridgehead atoms. The van der Waals surface area contributed by atoms with Crippen molar-refractivity contribution in [3.05, 3.63) is 34.3 Å². The quantitative estimate of drug-likeness (QED) is 0.904. The molecule has 2 aliphatic rings. The maximum Gasteiger partial charge on any atom is 0.150 e. The summed E-state index contributed by atoms with van der Waals surface area (Å²) in [7, 11) is -2.74. The first kappa shape index (κ1) is 14.5. The largest absolute Gasteiger partial charge is 0.311 e. The molecule has 5 heteroatoms. The molecule has 1 aromatic rings. The Labute approximate surface area is 129 Å². The van der Waals surface area contributed by atoms with Crippen molar-refractivity contribution in [3.63, 3.8) is 0 Å². The van der Waals surface area contributed by atoms with E-state index in [1.54, 1.807) is 0 Å². The molecule has 3 nitrogen and oxygen atoms in total. The molecule has 1 saturated carbocycles. The molecule has 1 saturated heterocycles. The van der Waals surface area contributed by atoms with Crippen LogP contribution in [0.25, 0.3) is 0 Å². The van der Waals surface area contributed by atoms with E-state index in [9.17, 15) is 8.42 Å². The van der Waals surface area contributed by atoms with Gasteiger partial charge in [-0.15, -0.1) is 0 Å². The van der Waals surface area contributed by atoms with E-state index in [4.69, 9.17) is 0 Å². The Morgan fingerprint density at radius 3 is 2.45 bits per heavy atom. The lowest BCUT2D eigenvalue weighted by Gasteiger charge is -2.39. The molecule has 1 aliphatic carbocycles. The molecule has 0 unspecified atom stereocenters. The predicted molar refractivity (Wildman–Crippen MR) is 84.7 cm³/mol. The van der Waals surface area contributed by atoms with E-state index in [-0.39, 0.29) is 0 Å². The maximum atomic E-state index is 11.4. The van der Waals surface area contributed by atoms with Gasteiger partial charge in [-0.2, -0.15) is 0 Å². The van der Waals surface area contributed by atoms with Crippen LogP contribution in [0.5, 0.6) is 0 Å². The highest BCUT2D eigenvalue weighted by molar-refractivity contribution is 9.10. The average Bonchev–Trinajstić information content (AvgIpc) is 2.35. The van der Waals surface area contributed by atoms with Crippen molar-refractivity contribution in [2.24, 2.45) is 0 Å². The summed E-state index contributed by atoms with van der Waals surface area (Å²) in [5.41, 5.74) is 1.41. The van der Waals surface area contributed by atoms with E-state index < -0.39 is 9.84 Å². The SMILES string of the molecule is O=S1(=O)CCC(NC2CC(c3cccc(Br)c3)C2)CC1. The van der Waals surface area contributed by atoms with Crippen molar-refractivity contribution in [1.82, 2.24) is 5.32 Å². The zero-order valence-corrected chi connectivity index (χ0v) is 13.8. The van der Waals surface area contributed by atoms with E-state index in [0.717, 1.165) is 17.3 Å². The third kappa shape index (κ3) is 3.43. The fourth-order valence-electron chi connectivity index (χ4n) is 3.18. The first-order valence-electron chi connectivity index (χ1n) is 7.24. The van der Waals surface area contributed by atoms with Gasteiger partial charge in [-0.05, 0) is 49.3 Å². The molecule has 0 spiro atoms. The average molecular weight is 358 g/mol. The number of sulfone groups is 1. The number of hydrogen-bond acceptors (Lipinski definition) is 3. The predicted octanol–water partition coefficient (Wildman–Crippen LogP) is 2.86. The molecular formula is C15H20BrNO2S. The topological polar surface area (TPSA) is 46.2 Å². The molecule has 1 aromatic carbocycles. The Balaban J connectivity index is 1.47. The van der Waals surface area contributed by atoms with Gasteiger partial charge in [0.05, 0.1) is 11.5 Å². The molecule has 3 rings (SSSR count). The molecule has 0 radical (unpaired) electrons. The van der Waals surface area contributed by atoms with Gasteiger partial charge in [-0.1, -0.05) is 28.1 Å². The molecule has 0 atom stereocenters. The number of benzene rings is 1. The number of halogens is 1. The minimum Gasteiger partial charge on any atom is -0.311 e. The lowest BCUT2D eigenvalue weighted by molar-refractivity contribution is 0.257. The fraction of sp³-hybridized carbons (Fsp3) is 0.600. The van der Waals surface area contributed by atoms with Crippen molar-refractivity contribution in [2.75, 3.05) is 11.5 Å². The standard InChI is InChI=1S/C15H20BrNO2S/c16-13-3-1-2-11(8-13)12-9-15(10-12)17-14-4-6-20(18,19)7-5-14/h1-3,8,12,14-15,17H,4-7,9-10H2. The van der Waals surface area contributed by atoms with E-state index in [2.05, 4.69) is 45.5 Å². The lowest BCUT2D eigenvalue weighted by atomic mass is 9.75. The van der Waals surface area contributed by atoms with Crippen LogP contribution in [0.2, 0.25) is 0 Å². The Kier molecular flexibility index (Phi) is 4.20. The Hall–Kier alpha value is -0.390. The van der Waals surface area contributed by atoms with Crippen LogP contribution in [0.4, 0.5) is 0 Å². The highest BCUT2D eigenvalue weighted by Crippen LogP contribution is 2.38. The molecule has 0 amide bonds. The smallest absolute Gasteiger partial charge is 0.150 e. The van der Waals surface area contributed by atoms with Gasteiger partial charge >= 0.3 is 0 Å². The first-order valence-corrected chi connectivity index (χ1v) is 9.85. The third-order valence-electron chi connectivity index (χ3n) is 4.48. The summed E-state index contributed by atoms with van der Waals surface area (Å²) < 4.78 is 23.9. The van der Waals surface area contributed by atoms with E-state index in [0.29, 0.717) is 29.5 Å². The van der Waals surface area contributed by atoms with Gasteiger partial charge in [0.2, 0.25) is 0 Å². The van der Waals surface area contributed by atoms with Gasteiger partial charge in [-0.25, -0.2) is 8.42 Å². The molecule has 110 valence electrons. The van der Waals surface area contributed by atoms with Gasteiger partial charge < -0.3 is 5.32 Å². The Bertz CT molecular complexity index is 567. The highest BCUT2D eigenvalue weighted by Gasteiger charge is 2.33. The van der Waals surface area contributed by atoms with Crippen LogP contribution in [0.15, 0.2) is 28.7 Å². The second kappa shape index (κ2) is 5.78. The van der Waals surface area contributed by atoms with Crippen LogP contribution in [0, 0.1) is 0 Å². The molecule has 20 heavy (non-hydrogen) atoms. The number of hydrogen-bond donors (Lipinski definition) is 1. The summed E-state index contributed by atoms with van der Waals surface area (Å²) >= 11 is 3.52. The maximum absolute atomic E-state index is 11.4. The van der Waals surface area contributed by atoms with Crippen LogP contribution in [0.1, 0.15) is 37.2 Å². The van der Waals surface area contributed by atoms with Gasteiger partial charge in [0, 0.05) is 16.6 Å². The van der Waals surface area contributed by atoms with Crippen molar-refractivity contribution < 1.29 is 8.42 Å². The second-order valence-electron chi connectivity index (χ2n) is 6.01. The normalized spacial score (nSPS) is 29.9. The summed E-state index contributed by atoms with van der Waals surface area (Å²) in [6.07, 6.45) is 3.89. The number of nitrogens with one attached hydrogen (secondary N) is 1. The fourth-order valence-corrected chi connectivity index (χ4v) is 5.08. The third-order valence-corrected chi connectivity index (χ3v) is 6.69. The Morgan fingerprint density at radius 1 is 1.10 bits per heavy atom. The van der Waals surface area contributed by atoms with E-state index in [1.165, 1.54) is 18.4 Å². The minimum absolute atomic E-state index is 0.354. The summed E-state index contributed by atoms with van der Waals surface area (Å²) in [4.78, 5) is 0. The van der Waals surface area contributed by atoms with Gasteiger partial charge in [0.15, 0.2) is 0 Å². The second-order valence-corrected chi connectivity index (χ2v) is 9.23. The van der Waals surface area contributed by atoms with E-state index in [1.807, 2.05) is 0 Å². The molecule has 1 heterocycles. The summed E-state index contributed by atoms with van der Waals surface area (Å²) in [6.45, 7) is 0. The van der Waals surface area contributed by atoms with Crippen molar-refractivity contribution in [2.45, 2.75) is 43.7 Å². The zero-order chi connectivity index (χ0) is 14.2. The van der Waals surface area contributed by atoms with Gasteiger partial charge in [-0.3, -0.25) is 0 Å².